The third-order valence-electron chi connectivity index (χ3n) is 7.18. The Hall–Kier alpha value is -5.31. The summed E-state index contributed by atoms with van der Waals surface area (Å²) in [5.74, 6) is 6.05. The Morgan fingerprint density at radius 1 is 0.717 bits per heavy atom. The third kappa shape index (κ3) is 12.1. The van der Waals surface area contributed by atoms with Gasteiger partial charge in [0, 0.05) is 38.2 Å². The zero-order valence-electron chi connectivity index (χ0n) is 29.3. The van der Waals surface area contributed by atoms with Crippen molar-refractivity contribution in [2.45, 2.75) is 56.3 Å². The molecular formula is C39H38F6O8. The molecule has 0 saturated heterocycles. The van der Waals surface area contributed by atoms with Crippen LogP contribution in [-0.4, -0.2) is 63.8 Å². The summed E-state index contributed by atoms with van der Waals surface area (Å²) >= 11 is 0. The maximum absolute atomic E-state index is 14.4. The molecule has 0 N–H and O–H groups in total. The van der Waals surface area contributed by atoms with Crippen molar-refractivity contribution in [3.8, 4) is 23.7 Å². The van der Waals surface area contributed by atoms with Gasteiger partial charge in [-0.05, 0) is 42.1 Å². The Morgan fingerprint density at radius 3 is 1.72 bits per heavy atom. The first-order valence-corrected chi connectivity index (χ1v) is 15.9. The highest BCUT2D eigenvalue weighted by Gasteiger charge is 2.65. The fourth-order valence-corrected chi connectivity index (χ4v) is 4.65. The molecule has 8 nitrogen and oxygen atoms in total. The molecule has 0 aliphatic carbocycles. The van der Waals surface area contributed by atoms with Crippen LogP contribution in [0.25, 0.3) is 0 Å². The Kier molecular flexibility index (Phi) is 17.1. The Labute approximate surface area is 303 Å². The molecule has 284 valence electrons. The minimum Gasteiger partial charge on any atom is -0.466 e. The van der Waals surface area contributed by atoms with E-state index in [1.165, 1.54) is 72.9 Å². The molecule has 3 atom stereocenters. The number of ether oxygens (including phenoxy) is 5. The first kappa shape index (κ1) is 43.9. The largest absolute Gasteiger partial charge is 0.466 e. The van der Waals surface area contributed by atoms with Crippen LogP contribution in [0.3, 0.4) is 0 Å². The zero-order chi connectivity index (χ0) is 39.5. The van der Waals surface area contributed by atoms with E-state index >= 15 is 0 Å². The minimum atomic E-state index is -5.19. The lowest BCUT2D eigenvalue weighted by molar-refractivity contribution is -0.278. The van der Waals surface area contributed by atoms with E-state index in [-0.39, 0.29) is 25.4 Å². The maximum Gasteiger partial charge on any atom is 0.432 e. The lowest BCUT2D eigenvalue weighted by atomic mass is 9.92. The third-order valence-corrected chi connectivity index (χ3v) is 7.18. The summed E-state index contributed by atoms with van der Waals surface area (Å²) in [6, 6.07) is 12.6. The molecule has 0 unspecified atom stereocenters. The van der Waals surface area contributed by atoms with Crippen molar-refractivity contribution < 1.29 is 64.4 Å². The van der Waals surface area contributed by atoms with Gasteiger partial charge in [0.25, 0.3) is 11.2 Å². The van der Waals surface area contributed by atoms with Crippen molar-refractivity contribution in [1.29, 1.82) is 0 Å². The number of hydrogen-bond acceptors (Lipinski definition) is 8. The molecule has 0 fully saturated rings. The fraction of sp³-hybridized carbons (Fsp3) is 0.359. The molecule has 0 amide bonds. The lowest BCUT2D eigenvalue weighted by Gasteiger charge is -2.33. The van der Waals surface area contributed by atoms with Crippen molar-refractivity contribution in [3.05, 3.63) is 108 Å². The minimum absolute atomic E-state index is 0.0107. The van der Waals surface area contributed by atoms with Crippen molar-refractivity contribution in [2.75, 3.05) is 27.4 Å². The van der Waals surface area contributed by atoms with E-state index in [2.05, 4.69) is 28.4 Å². The van der Waals surface area contributed by atoms with E-state index in [0.29, 0.717) is 0 Å². The van der Waals surface area contributed by atoms with E-state index < -0.39 is 65.3 Å². The average Bonchev–Trinajstić information content (AvgIpc) is 3.09. The predicted octanol–water partition coefficient (Wildman–Crippen LogP) is 7.30. The number of carbonyl (C=O) groups excluding carboxylic acids is 3. The van der Waals surface area contributed by atoms with Gasteiger partial charge in [-0.3, -0.25) is 4.79 Å². The van der Waals surface area contributed by atoms with E-state index in [9.17, 15) is 40.7 Å². The van der Waals surface area contributed by atoms with Crippen molar-refractivity contribution in [1.82, 2.24) is 0 Å². The second-order valence-corrected chi connectivity index (χ2v) is 11.3. The summed E-state index contributed by atoms with van der Waals surface area (Å²) in [6.07, 6.45) is -3.88. The smallest absolute Gasteiger partial charge is 0.432 e. The monoisotopic (exact) mass is 748 g/mol. The molecule has 2 aromatic rings. The summed E-state index contributed by atoms with van der Waals surface area (Å²) in [6.45, 7) is 2.82. The molecular weight excluding hydrogens is 710 g/mol. The molecule has 2 rings (SSSR count). The van der Waals surface area contributed by atoms with Gasteiger partial charge in [-0.2, -0.15) is 26.3 Å². The Bertz CT molecular complexity index is 1710. The summed E-state index contributed by atoms with van der Waals surface area (Å²) in [7, 11) is 1.50. The molecule has 2 aromatic carbocycles. The molecule has 0 aliphatic rings. The van der Waals surface area contributed by atoms with Crippen molar-refractivity contribution in [3.63, 3.8) is 0 Å². The highest BCUT2D eigenvalue weighted by Crippen LogP contribution is 2.44. The van der Waals surface area contributed by atoms with Crippen LogP contribution in [0.1, 0.15) is 37.8 Å². The van der Waals surface area contributed by atoms with Crippen LogP contribution in [0.2, 0.25) is 0 Å². The van der Waals surface area contributed by atoms with Gasteiger partial charge in [-0.15, -0.1) is 0 Å². The van der Waals surface area contributed by atoms with E-state index in [4.69, 9.17) is 18.9 Å². The molecule has 0 saturated carbocycles. The summed E-state index contributed by atoms with van der Waals surface area (Å²) in [5, 5.41) is 0. The predicted molar refractivity (Wildman–Crippen MR) is 181 cm³/mol. The van der Waals surface area contributed by atoms with Gasteiger partial charge < -0.3 is 23.7 Å². The molecule has 53 heavy (non-hydrogen) atoms. The molecule has 0 aromatic heterocycles. The standard InChI is InChI=1S/C39H38F6O8/c1-29(2)28-33(46)51-27-25-32(53-35(48)37(50-4,39(43,44)45)31-22-16-13-17-23-31)24-18-10-8-6-5-7-9-11-19-26-52-34(47)36(49-3,38(40,41)42)30-20-14-12-15-21-30/h8,10-24,29,32H,25-28H2,1-4H3/b10-8+,19-11+,24-18+/t32-,36-,37-/m1/s1. The molecule has 0 heterocycles. The number of esters is 3. The van der Waals surface area contributed by atoms with E-state index in [1.807, 2.05) is 0 Å². The number of methoxy groups -OCH3 is 2. The van der Waals surface area contributed by atoms with Crippen LogP contribution >= 0.6 is 0 Å². The number of carbonyl (C=O) groups is 3. The van der Waals surface area contributed by atoms with Crippen LogP contribution in [-0.2, 0) is 49.3 Å². The summed E-state index contributed by atoms with van der Waals surface area (Å²) < 4.78 is 109. The normalized spacial score (nSPS) is 14.8. The van der Waals surface area contributed by atoms with Gasteiger partial charge in [-0.1, -0.05) is 98.5 Å². The van der Waals surface area contributed by atoms with Crippen LogP contribution in [0, 0.1) is 29.6 Å². The number of benzene rings is 2. The average molecular weight is 749 g/mol. The quantitative estimate of drug-likeness (QED) is 0.0581. The zero-order valence-corrected chi connectivity index (χ0v) is 29.3. The SMILES string of the molecule is CO[C@@](C(=O)OC/C=C/C#CC#C/C=C/C=C/[C@H](CCOC(=O)CC(C)C)OC(=O)[C@](OC)(c1ccccc1)C(F)(F)F)(c1ccccc1)C(F)(F)F. The van der Waals surface area contributed by atoms with Gasteiger partial charge in [0.05, 0.1) is 6.61 Å². The Morgan fingerprint density at radius 2 is 1.23 bits per heavy atom. The van der Waals surface area contributed by atoms with Crippen LogP contribution in [0.4, 0.5) is 26.3 Å². The van der Waals surface area contributed by atoms with Gasteiger partial charge >= 0.3 is 30.3 Å². The number of rotatable bonds is 16. The van der Waals surface area contributed by atoms with E-state index in [0.717, 1.165) is 38.5 Å². The second-order valence-electron chi connectivity index (χ2n) is 11.3. The summed E-state index contributed by atoms with van der Waals surface area (Å²) in [4.78, 5) is 37.6. The lowest BCUT2D eigenvalue weighted by Crippen LogP contribution is -2.52. The van der Waals surface area contributed by atoms with Crippen LogP contribution in [0.5, 0.6) is 0 Å². The van der Waals surface area contributed by atoms with Gasteiger partial charge in [-0.25, -0.2) is 9.59 Å². The second kappa shape index (κ2) is 20.7. The number of hydrogen-bond donors (Lipinski definition) is 0. The van der Waals surface area contributed by atoms with Crippen molar-refractivity contribution >= 4 is 17.9 Å². The number of alkyl halides is 6. The van der Waals surface area contributed by atoms with Gasteiger partial charge in [0.15, 0.2) is 0 Å². The number of halogens is 6. The first-order valence-electron chi connectivity index (χ1n) is 15.9. The van der Waals surface area contributed by atoms with E-state index in [1.54, 1.807) is 13.8 Å². The highest BCUT2D eigenvalue weighted by atomic mass is 19.4. The fourth-order valence-electron chi connectivity index (χ4n) is 4.65. The highest BCUT2D eigenvalue weighted by molar-refractivity contribution is 5.83. The van der Waals surface area contributed by atoms with Crippen LogP contribution in [0.15, 0.2) is 97.1 Å². The Balaban J connectivity index is 2.10. The maximum atomic E-state index is 14.4. The van der Waals surface area contributed by atoms with Crippen molar-refractivity contribution in [2.24, 2.45) is 5.92 Å². The first-order chi connectivity index (χ1) is 25.1. The summed E-state index contributed by atoms with van der Waals surface area (Å²) in [5.41, 5.74) is -7.68. The molecule has 0 radical (unpaired) electrons. The molecule has 0 bridgehead atoms. The topological polar surface area (TPSA) is 97.4 Å². The molecule has 0 aliphatic heterocycles. The molecule has 0 spiro atoms. The number of allylic oxidation sites excluding steroid dienone is 4. The van der Waals surface area contributed by atoms with Crippen LogP contribution < -0.4 is 0 Å². The van der Waals surface area contributed by atoms with Gasteiger partial charge in [0.1, 0.15) is 12.7 Å². The van der Waals surface area contributed by atoms with Gasteiger partial charge in [0.2, 0.25) is 0 Å². The molecule has 14 heteroatoms.